The zero-order valence-corrected chi connectivity index (χ0v) is 13.1. The van der Waals surface area contributed by atoms with E-state index in [1.54, 1.807) is 23.1 Å². The maximum atomic E-state index is 12.6. The zero-order valence-electron chi connectivity index (χ0n) is 13.1. The molecule has 5 nitrogen and oxygen atoms in total. The number of nitrogens with zero attached hydrogens (tertiary/aromatic N) is 1. The minimum absolute atomic E-state index is 0.00921. The fraction of sp³-hybridized carbons (Fsp3) is 0.529. The molecule has 2 rings (SSSR count). The minimum Gasteiger partial charge on any atom is -0.493 e. The van der Waals surface area contributed by atoms with Gasteiger partial charge in [0.1, 0.15) is 5.75 Å². The molecule has 22 heavy (non-hydrogen) atoms. The number of amides is 1. The molecule has 0 aromatic heterocycles. The lowest BCUT2D eigenvalue weighted by molar-refractivity contribution is -0.137. The van der Waals surface area contributed by atoms with Gasteiger partial charge >= 0.3 is 5.97 Å². The van der Waals surface area contributed by atoms with Gasteiger partial charge in [-0.15, -0.1) is 0 Å². The fourth-order valence-electron chi connectivity index (χ4n) is 2.66. The smallest absolute Gasteiger partial charge is 0.305 e. The van der Waals surface area contributed by atoms with Crippen molar-refractivity contribution in [2.75, 3.05) is 13.2 Å². The number of hydrogen-bond donors (Lipinski definition) is 1. The molecular formula is C17H23NO4. The Kier molecular flexibility index (Phi) is 5.41. The first-order valence-corrected chi connectivity index (χ1v) is 7.73. The van der Waals surface area contributed by atoms with E-state index in [0.29, 0.717) is 30.4 Å². The molecule has 1 unspecified atom stereocenters. The molecule has 0 bridgehead atoms. The highest BCUT2D eigenvalue weighted by molar-refractivity contribution is 5.95. The number of rotatable bonds is 6. The molecular weight excluding hydrogens is 282 g/mol. The monoisotopic (exact) mass is 305 g/mol. The molecule has 1 aliphatic rings. The molecule has 0 spiro atoms. The topological polar surface area (TPSA) is 66.8 Å². The van der Waals surface area contributed by atoms with Crippen LogP contribution in [-0.4, -0.2) is 41.1 Å². The van der Waals surface area contributed by atoms with Crippen LogP contribution < -0.4 is 4.74 Å². The number of ether oxygens (including phenoxy) is 1. The number of benzene rings is 1. The molecule has 1 heterocycles. The number of carbonyl (C=O) groups is 2. The van der Waals surface area contributed by atoms with Crippen LogP contribution >= 0.6 is 0 Å². The Morgan fingerprint density at radius 2 is 2.18 bits per heavy atom. The standard InChI is InChI=1S/C17H23NO4/c1-12(2)11-22-15-7-3-5-13(9-15)17(21)18-8-4-6-14(18)10-16(19)20/h3,5,7,9,12,14H,4,6,8,10-11H2,1-2H3,(H,19,20). The van der Waals surface area contributed by atoms with Gasteiger partial charge in [0, 0.05) is 18.2 Å². The Bertz CT molecular complexity index is 541. The first-order valence-electron chi connectivity index (χ1n) is 7.73. The van der Waals surface area contributed by atoms with E-state index in [-0.39, 0.29) is 18.4 Å². The number of carbonyl (C=O) groups excluding carboxylic acids is 1. The van der Waals surface area contributed by atoms with Crippen molar-refractivity contribution in [3.63, 3.8) is 0 Å². The third-order valence-electron chi connectivity index (χ3n) is 3.71. The molecule has 1 atom stereocenters. The molecule has 0 aliphatic carbocycles. The Balaban J connectivity index is 2.08. The van der Waals surface area contributed by atoms with E-state index in [4.69, 9.17) is 9.84 Å². The Hall–Kier alpha value is -2.04. The van der Waals surface area contributed by atoms with Gasteiger partial charge in [0.05, 0.1) is 13.0 Å². The van der Waals surface area contributed by atoms with E-state index >= 15 is 0 Å². The van der Waals surface area contributed by atoms with Crippen molar-refractivity contribution in [2.45, 2.75) is 39.2 Å². The van der Waals surface area contributed by atoms with Crippen molar-refractivity contribution in [3.8, 4) is 5.75 Å². The van der Waals surface area contributed by atoms with Crippen LogP contribution in [0.4, 0.5) is 0 Å². The van der Waals surface area contributed by atoms with Crippen LogP contribution in [0, 0.1) is 5.92 Å². The maximum Gasteiger partial charge on any atom is 0.305 e. The van der Waals surface area contributed by atoms with Crippen LogP contribution in [0.2, 0.25) is 0 Å². The van der Waals surface area contributed by atoms with Gasteiger partial charge in [-0.3, -0.25) is 9.59 Å². The van der Waals surface area contributed by atoms with Gasteiger partial charge < -0.3 is 14.7 Å². The lowest BCUT2D eigenvalue weighted by Gasteiger charge is -2.23. The molecule has 1 aromatic carbocycles. The maximum absolute atomic E-state index is 12.6. The quantitative estimate of drug-likeness (QED) is 0.877. The first-order chi connectivity index (χ1) is 10.5. The normalized spacial score (nSPS) is 17.8. The third kappa shape index (κ3) is 4.23. The highest BCUT2D eigenvalue weighted by atomic mass is 16.5. The van der Waals surface area contributed by atoms with Gasteiger partial charge in [0.2, 0.25) is 0 Å². The zero-order chi connectivity index (χ0) is 16.1. The molecule has 1 amide bonds. The summed E-state index contributed by atoms with van der Waals surface area (Å²) in [5.74, 6) is 0.115. The average Bonchev–Trinajstić information content (AvgIpc) is 2.92. The van der Waals surface area contributed by atoms with Crippen molar-refractivity contribution >= 4 is 11.9 Å². The summed E-state index contributed by atoms with van der Waals surface area (Å²) in [4.78, 5) is 25.2. The Morgan fingerprint density at radius 1 is 1.41 bits per heavy atom. The summed E-state index contributed by atoms with van der Waals surface area (Å²) in [6.07, 6.45) is 1.62. The van der Waals surface area contributed by atoms with Gasteiger partial charge in [-0.1, -0.05) is 19.9 Å². The van der Waals surface area contributed by atoms with Crippen LogP contribution in [0.25, 0.3) is 0 Å². The van der Waals surface area contributed by atoms with Crippen molar-refractivity contribution in [1.82, 2.24) is 4.90 Å². The molecule has 1 aromatic rings. The molecule has 5 heteroatoms. The second-order valence-electron chi connectivity index (χ2n) is 6.13. The highest BCUT2D eigenvalue weighted by Gasteiger charge is 2.31. The van der Waals surface area contributed by atoms with Crippen molar-refractivity contribution in [3.05, 3.63) is 29.8 Å². The fourth-order valence-corrected chi connectivity index (χ4v) is 2.66. The molecule has 1 N–H and O–H groups in total. The van der Waals surface area contributed by atoms with Crippen molar-refractivity contribution in [2.24, 2.45) is 5.92 Å². The molecule has 120 valence electrons. The molecule has 1 saturated heterocycles. The number of carboxylic acids is 1. The number of aliphatic carboxylic acids is 1. The number of hydrogen-bond acceptors (Lipinski definition) is 3. The summed E-state index contributed by atoms with van der Waals surface area (Å²) in [5.41, 5.74) is 0.554. The van der Waals surface area contributed by atoms with Gasteiger partial charge in [0.15, 0.2) is 0 Å². The molecule has 0 radical (unpaired) electrons. The van der Waals surface area contributed by atoms with E-state index in [9.17, 15) is 9.59 Å². The summed E-state index contributed by atoms with van der Waals surface area (Å²) < 4.78 is 5.65. The lowest BCUT2D eigenvalue weighted by Crippen LogP contribution is -2.36. The van der Waals surface area contributed by atoms with Crippen LogP contribution in [-0.2, 0) is 4.79 Å². The third-order valence-corrected chi connectivity index (χ3v) is 3.71. The van der Waals surface area contributed by atoms with Gasteiger partial charge in [-0.2, -0.15) is 0 Å². The average molecular weight is 305 g/mol. The van der Waals surface area contributed by atoms with Gasteiger partial charge in [-0.05, 0) is 37.0 Å². The predicted octanol–water partition coefficient (Wildman–Crippen LogP) is 2.80. The van der Waals surface area contributed by atoms with E-state index < -0.39 is 5.97 Å². The number of carboxylic acid groups (broad SMARTS) is 1. The highest BCUT2D eigenvalue weighted by Crippen LogP contribution is 2.24. The van der Waals surface area contributed by atoms with E-state index in [2.05, 4.69) is 13.8 Å². The second kappa shape index (κ2) is 7.29. The van der Waals surface area contributed by atoms with Crippen LogP contribution in [0.5, 0.6) is 5.75 Å². The van der Waals surface area contributed by atoms with Gasteiger partial charge in [0.25, 0.3) is 5.91 Å². The molecule has 1 aliphatic heterocycles. The Morgan fingerprint density at radius 3 is 2.86 bits per heavy atom. The van der Waals surface area contributed by atoms with E-state index in [1.165, 1.54) is 0 Å². The van der Waals surface area contributed by atoms with Gasteiger partial charge in [-0.25, -0.2) is 0 Å². The van der Waals surface area contributed by atoms with E-state index in [0.717, 1.165) is 12.8 Å². The summed E-state index contributed by atoms with van der Waals surface area (Å²) in [6, 6.07) is 6.91. The summed E-state index contributed by atoms with van der Waals surface area (Å²) in [5, 5.41) is 8.95. The van der Waals surface area contributed by atoms with Crippen molar-refractivity contribution in [1.29, 1.82) is 0 Å². The number of likely N-dealkylation sites (tertiary alicyclic amines) is 1. The summed E-state index contributed by atoms with van der Waals surface area (Å²) in [7, 11) is 0. The predicted molar refractivity (Wildman–Crippen MR) is 83.1 cm³/mol. The summed E-state index contributed by atoms with van der Waals surface area (Å²) >= 11 is 0. The summed E-state index contributed by atoms with van der Waals surface area (Å²) in [6.45, 7) is 5.35. The van der Waals surface area contributed by atoms with E-state index in [1.807, 2.05) is 6.07 Å². The molecule has 1 fully saturated rings. The molecule has 0 saturated carbocycles. The lowest BCUT2D eigenvalue weighted by atomic mass is 10.1. The van der Waals surface area contributed by atoms with Crippen LogP contribution in [0.15, 0.2) is 24.3 Å². The van der Waals surface area contributed by atoms with Crippen LogP contribution in [0.1, 0.15) is 43.5 Å². The Labute approximate surface area is 130 Å². The second-order valence-corrected chi connectivity index (χ2v) is 6.13. The first kappa shape index (κ1) is 16.3. The largest absolute Gasteiger partial charge is 0.493 e. The van der Waals surface area contributed by atoms with Crippen LogP contribution in [0.3, 0.4) is 0 Å². The van der Waals surface area contributed by atoms with Crippen molar-refractivity contribution < 1.29 is 19.4 Å². The SMILES string of the molecule is CC(C)COc1cccc(C(=O)N2CCCC2CC(=O)O)c1. The minimum atomic E-state index is -0.862.